The zero-order chi connectivity index (χ0) is 17.5. The number of ether oxygens (including phenoxy) is 1. The Balaban J connectivity index is 2.68. The highest BCUT2D eigenvalue weighted by Crippen LogP contribution is 2.24. The lowest BCUT2D eigenvalue weighted by Gasteiger charge is -2.25. The summed E-state index contributed by atoms with van der Waals surface area (Å²) < 4.78 is 5.32. The summed E-state index contributed by atoms with van der Waals surface area (Å²) in [4.78, 5) is 14.2. The summed E-state index contributed by atoms with van der Waals surface area (Å²) in [7, 11) is 0. The molecular weight excluding hydrogens is 290 g/mol. The van der Waals surface area contributed by atoms with Crippen molar-refractivity contribution in [2.45, 2.75) is 78.4 Å². The van der Waals surface area contributed by atoms with Gasteiger partial charge in [0, 0.05) is 24.4 Å². The zero-order valence-electron chi connectivity index (χ0n) is 15.2. The zero-order valence-corrected chi connectivity index (χ0v) is 15.2. The fourth-order valence-corrected chi connectivity index (χ4v) is 2.79. The smallest absolute Gasteiger partial charge is 0.407 e. The Morgan fingerprint density at radius 1 is 1.39 bits per heavy atom. The fourth-order valence-electron chi connectivity index (χ4n) is 2.79. The monoisotopic (exact) mass is 321 g/mol. The van der Waals surface area contributed by atoms with Crippen LogP contribution in [0.1, 0.15) is 66.7 Å². The van der Waals surface area contributed by atoms with Gasteiger partial charge in [-0.3, -0.25) is 0 Å². The normalized spacial score (nSPS) is 19.1. The van der Waals surface area contributed by atoms with Gasteiger partial charge in [0.15, 0.2) is 0 Å². The Hall–Kier alpha value is -1.70. The molecule has 0 radical (unpaired) electrons. The number of alkyl carbamates (subject to hydrolysis) is 1. The third-order valence-electron chi connectivity index (χ3n) is 3.89. The van der Waals surface area contributed by atoms with Crippen LogP contribution in [0, 0.1) is 11.3 Å². The minimum Gasteiger partial charge on any atom is -0.444 e. The Labute approximate surface area is 140 Å². The van der Waals surface area contributed by atoms with Crippen LogP contribution in [0.2, 0.25) is 0 Å². The summed E-state index contributed by atoms with van der Waals surface area (Å²) in [6, 6.07) is 2.43. The van der Waals surface area contributed by atoms with Crippen molar-refractivity contribution in [2.24, 2.45) is 0 Å². The summed E-state index contributed by atoms with van der Waals surface area (Å²) in [5.74, 6) is 0. The number of nitrogens with zero attached hydrogens (tertiary/aromatic N) is 2. The van der Waals surface area contributed by atoms with E-state index in [0.29, 0.717) is 0 Å². The van der Waals surface area contributed by atoms with Gasteiger partial charge in [-0.15, -0.1) is 0 Å². The minimum absolute atomic E-state index is 0.0817. The maximum atomic E-state index is 11.9. The van der Waals surface area contributed by atoms with Crippen molar-refractivity contribution in [1.29, 1.82) is 5.26 Å². The first-order valence-corrected chi connectivity index (χ1v) is 8.67. The van der Waals surface area contributed by atoms with Crippen LogP contribution in [0.15, 0.2) is 11.3 Å². The predicted octanol–water partition coefficient (Wildman–Crippen LogP) is 3.96. The molecule has 0 aromatic heterocycles. The standard InChI is InChI=1S/C18H31N3O2/c1-6-8-9-16(14(7-2)12-19)21-11-10-15(13-21)20-17(22)23-18(3,4)5/h15H,6-11,13H2,1-5H3,(H,20,22). The molecular formula is C18H31N3O2. The third-order valence-corrected chi connectivity index (χ3v) is 3.89. The Morgan fingerprint density at radius 2 is 2.09 bits per heavy atom. The first-order chi connectivity index (χ1) is 10.8. The summed E-state index contributed by atoms with van der Waals surface area (Å²) in [5, 5.41) is 12.3. The lowest BCUT2D eigenvalue weighted by Crippen LogP contribution is -2.40. The van der Waals surface area contributed by atoms with Gasteiger partial charge in [-0.05, 0) is 46.5 Å². The average Bonchev–Trinajstić information content (AvgIpc) is 2.89. The van der Waals surface area contributed by atoms with E-state index in [1.807, 2.05) is 27.7 Å². The number of amides is 1. The second-order valence-corrected chi connectivity index (χ2v) is 7.07. The highest BCUT2D eigenvalue weighted by atomic mass is 16.6. The fraction of sp³-hybridized carbons (Fsp3) is 0.778. The van der Waals surface area contributed by atoms with Crippen LogP contribution in [0.25, 0.3) is 0 Å². The molecule has 0 saturated carbocycles. The molecule has 1 amide bonds. The molecule has 23 heavy (non-hydrogen) atoms. The van der Waals surface area contributed by atoms with Crippen LogP contribution < -0.4 is 5.32 Å². The van der Waals surface area contributed by atoms with Gasteiger partial charge >= 0.3 is 6.09 Å². The van der Waals surface area contributed by atoms with Gasteiger partial charge in [0.25, 0.3) is 0 Å². The Kier molecular flexibility index (Phi) is 7.41. The minimum atomic E-state index is -0.481. The van der Waals surface area contributed by atoms with E-state index in [9.17, 15) is 10.1 Å². The van der Waals surface area contributed by atoms with E-state index in [1.54, 1.807) is 0 Å². The highest BCUT2D eigenvalue weighted by Gasteiger charge is 2.28. The molecule has 0 aromatic rings. The Bertz CT molecular complexity index is 472. The lowest BCUT2D eigenvalue weighted by atomic mass is 10.1. The van der Waals surface area contributed by atoms with E-state index in [-0.39, 0.29) is 12.1 Å². The third kappa shape index (κ3) is 6.52. The van der Waals surface area contributed by atoms with Crippen molar-refractivity contribution in [3.63, 3.8) is 0 Å². The van der Waals surface area contributed by atoms with Gasteiger partial charge in [-0.25, -0.2) is 4.79 Å². The van der Waals surface area contributed by atoms with Crippen molar-refractivity contribution < 1.29 is 9.53 Å². The Morgan fingerprint density at radius 3 is 2.61 bits per heavy atom. The summed E-state index contributed by atoms with van der Waals surface area (Å²) >= 11 is 0. The van der Waals surface area contributed by atoms with E-state index in [4.69, 9.17) is 4.74 Å². The molecule has 1 aliphatic heterocycles. The van der Waals surface area contributed by atoms with Crippen molar-refractivity contribution in [1.82, 2.24) is 10.2 Å². The number of nitrogens with one attached hydrogen (secondary N) is 1. The van der Waals surface area contributed by atoms with Crippen LogP contribution in [0.5, 0.6) is 0 Å². The van der Waals surface area contributed by atoms with Gasteiger partial charge in [-0.1, -0.05) is 20.3 Å². The maximum absolute atomic E-state index is 11.9. The summed E-state index contributed by atoms with van der Waals surface area (Å²) in [5.41, 5.74) is 1.55. The van der Waals surface area contributed by atoms with E-state index in [1.165, 1.54) is 0 Å². The van der Waals surface area contributed by atoms with Crippen LogP contribution in [0.3, 0.4) is 0 Å². The van der Waals surface area contributed by atoms with Crippen LogP contribution in [-0.2, 0) is 4.74 Å². The van der Waals surface area contributed by atoms with E-state index in [2.05, 4.69) is 23.2 Å². The number of carbonyl (C=O) groups excluding carboxylic acids is 1. The number of carbonyl (C=O) groups is 1. The van der Waals surface area contributed by atoms with Crippen molar-refractivity contribution in [3.8, 4) is 6.07 Å². The number of nitriles is 1. The average molecular weight is 321 g/mol. The largest absolute Gasteiger partial charge is 0.444 e. The van der Waals surface area contributed by atoms with Gasteiger partial charge in [0.05, 0.1) is 12.1 Å². The van der Waals surface area contributed by atoms with Crippen molar-refractivity contribution in [2.75, 3.05) is 13.1 Å². The van der Waals surface area contributed by atoms with E-state index < -0.39 is 5.60 Å². The molecule has 0 aromatic carbocycles. The topological polar surface area (TPSA) is 65.4 Å². The molecule has 1 aliphatic rings. The quantitative estimate of drug-likeness (QED) is 0.752. The summed E-state index contributed by atoms with van der Waals surface area (Å²) in [6.45, 7) is 11.4. The predicted molar refractivity (Wildman–Crippen MR) is 91.8 cm³/mol. The number of hydrogen-bond donors (Lipinski definition) is 1. The molecule has 5 nitrogen and oxygen atoms in total. The van der Waals surface area contributed by atoms with Crippen molar-refractivity contribution >= 4 is 6.09 Å². The molecule has 1 saturated heterocycles. The van der Waals surface area contributed by atoms with Crippen LogP contribution in [-0.4, -0.2) is 35.7 Å². The maximum Gasteiger partial charge on any atom is 0.407 e. The first-order valence-electron chi connectivity index (χ1n) is 8.67. The van der Waals surface area contributed by atoms with Gasteiger partial charge in [0.1, 0.15) is 5.60 Å². The molecule has 0 bridgehead atoms. The SMILES string of the molecule is CCCCC(=C(C#N)CC)N1CCC(NC(=O)OC(C)(C)C)C1. The second kappa shape index (κ2) is 8.81. The van der Waals surface area contributed by atoms with Gasteiger partial charge < -0.3 is 15.0 Å². The van der Waals surface area contributed by atoms with Gasteiger partial charge in [0.2, 0.25) is 0 Å². The molecule has 0 aliphatic carbocycles. The lowest BCUT2D eigenvalue weighted by molar-refractivity contribution is 0.0506. The van der Waals surface area contributed by atoms with E-state index in [0.717, 1.165) is 56.5 Å². The molecule has 130 valence electrons. The first kappa shape index (κ1) is 19.3. The molecule has 1 unspecified atom stereocenters. The molecule has 5 heteroatoms. The molecule has 0 spiro atoms. The summed E-state index contributed by atoms with van der Waals surface area (Å²) in [6.07, 6.45) is 4.42. The van der Waals surface area contributed by atoms with Gasteiger partial charge in [-0.2, -0.15) is 5.26 Å². The molecule has 1 N–H and O–H groups in total. The number of unbranched alkanes of at least 4 members (excludes halogenated alkanes) is 1. The van der Waals surface area contributed by atoms with Crippen LogP contribution >= 0.6 is 0 Å². The molecule has 1 rings (SSSR count). The van der Waals surface area contributed by atoms with Crippen LogP contribution in [0.4, 0.5) is 4.79 Å². The number of hydrogen-bond acceptors (Lipinski definition) is 4. The van der Waals surface area contributed by atoms with E-state index >= 15 is 0 Å². The van der Waals surface area contributed by atoms with Crippen molar-refractivity contribution in [3.05, 3.63) is 11.3 Å². The number of rotatable bonds is 6. The number of likely N-dealkylation sites (tertiary alicyclic amines) is 1. The highest BCUT2D eigenvalue weighted by molar-refractivity contribution is 5.68. The number of allylic oxidation sites excluding steroid dienone is 2. The molecule has 1 fully saturated rings. The second-order valence-electron chi connectivity index (χ2n) is 7.07. The molecule has 1 atom stereocenters. The molecule has 1 heterocycles.